The van der Waals surface area contributed by atoms with Gasteiger partial charge in [-0.2, -0.15) is 5.26 Å². The Hall–Kier alpha value is -4.75. The van der Waals surface area contributed by atoms with Gasteiger partial charge in [0.15, 0.2) is 0 Å². The topological polar surface area (TPSA) is 91.3 Å². The summed E-state index contributed by atoms with van der Waals surface area (Å²) in [7, 11) is 2.08. The van der Waals surface area contributed by atoms with Crippen LogP contribution in [-0.2, 0) is 5.44 Å². The number of benzene rings is 3. The van der Waals surface area contributed by atoms with Crippen LogP contribution in [0.15, 0.2) is 84.8 Å². The fraction of sp³-hybridized carbons (Fsp3) is 0.226. The summed E-state index contributed by atoms with van der Waals surface area (Å²) in [5, 5.41) is 18.7. The minimum atomic E-state index is -0.724. The van der Waals surface area contributed by atoms with Crippen LogP contribution in [0.1, 0.15) is 36.5 Å². The van der Waals surface area contributed by atoms with Crippen LogP contribution in [-0.4, -0.2) is 30.4 Å². The molecule has 1 fully saturated rings. The predicted octanol–water partition coefficient (Wildman–Crippen LogP) is 4.63. The van der Waals surface area contributed by atoms with Crippen molar-refractivity contribution in [1.82, 2.24) is 21.0 Å². The van der Waals surface area contributed by atoms with Gasteiger partial charge in [-0.05, 0) is 74.2 Å². The van der Waals surface area contributed by atoms with Crippen LogP contribution in [0.2, 0.25) is 0 Å². The molecule has 1 unspecified atom stereocenters. The third-order valence-electron chi connectivity index (χ3n) is 7.80. The largest absolute Gasteiger partial charge is 0.378 e. The fourth-order valence-corrected chi connectivity index (χ4v) is 5.33. The molecule has 2 heterocycles. The average Bonchev–Trinajstić information content (AvgIpc) is 3.72. The molecule has 1 aromatic heterocycles. The molecule has 1 saturated carbocycles. The van der Waals surface area contributed by atoms with E-state index in [0.29, 0.717) is 23.8 Å². The van der Waals surface area contributed by atoms with Crippen LogP contribution in [0.3, 0.4) is 0 Å². The fourth-order valence-electron chi connectivity index (χ4n) is 5.33. The van der Waals surface area contributed by atoms with Crippen molar-refractivity contribution in [3.8, 4) is 6.07 Å². The number of halogens is 1. The monoisotopic (exact) mass is 546 g/mol. The van der Waals surface area contributed by atoms with Gasteiger partial charge in [-0.1, -0.05) is 30.3 Å². The van der Waals surface area contributed by atoms with Gasteiger partial charge in [-0.3, -0.25) is 20.4 Å². The Morgan fingerprint density at radius 1 is 1.17 bits per heavy atom. The summed E-state index contributed by atoms with van der Waals surface area (Å²) in [4.78, 5) is 4.65. The number of aromatic nitrogens is 1. The highest BCUT2D eigenvalue weighted by molar-refractivity contribution is 6.19. The molecule has 1 atom stereocenters. The molecule has 8 nitrogen and oxygen atoms in total. The Labute approximate surface area is 240 Å². The Morgan fingerprint density at radius 2 is 1.93 bits per heavy atom. The van der Waals surface area contributed by atoms with Crippen molar-refractivity contribution in [3.63, 3.8) is 0 Å². The smallest absolute Gasteiger partial charge is 0.148 e. The van der Waals surface area contributed by atoms with Gasteiger partial charge in [0, 0.05) is 36.1 Å². The number of hydrogen-bond donors (Lipinski definition) is 4. The Morgan fingerprint density at radius 3 is 2.61 bits per heavy atom. The molecule has 0 spiro atoms. The van der Waals surface area contributed by atoms with E-state index >= 15 is 0 Å². The summed E-state index contributed by atoms with van der Waals surface area (Å²) in [5.41, 5.74) is 16.0. The Balaban J connectivity index is 1.44. The predicted molar refractivity (Wildman–Crippen MR) is 164 cm³/mol. The van der Waals surface area contributed by atoms with Crippen molar-refractivity contribution in [2.45, 2.75) is 38.2 Å². The second-order valence-corrected chi connectivity index (χ2v) is 10.7. The molecule has 0 saturated heterocycles. The van der Waals surface area contributed by atoms with Gasteiger partial charge >= 0.3 is 0 Å². The minimum Gasteiger partial charge on any atom is -0.378 e. The molecule has 0 bridgehead atoms. The summed E-state index contributed by atoms with van der Waals surface area (Å²) >= 11 is 0. The van der Waals surface area contributed by atoms with E-state index in [1.54, 1.807) is 18.3 Å². The van der Waals surface area contributed by atoms with Crippen LogP contribution in [0.4, 0.5) is 21.5 Å². The maximum absolute atomic E-state index is 13.9. The normalized spacial score (nSPS) is 16.0. The average molecular weight is 546 g/mol. The number of hydrogen-bond acceptors (Lipinski definition) is 8. The molecule has 0 radical (unpaired) electrons. The third kappa shape index (κ3) is 5.12. The molecule has 0 amide bonds. The Bertz CT molecular complexity index is 1650. The van der Waals surface area contributed by atoms with Crippen molar-refractivity contribution in [1.29, 1.82) is 5.26 Å². The zero-order chi connectivity index (χ0) is 28.6. The molecule has 206 valence electrons. The van der Waals surface area contributed by atoms with Gasteiger partial charge < -0.3 is 10.7 Å². The molecule has 1 aliphatic carbocycles. The highest BCUT2D eigenvalue weighted by Crippen LogP contribution is 2.37. The first kappa shape index (κ1) is 26.5. The quantitative estimate of drug-likeness (QED) is 0.179. The number of hydrazine groups is 3. The van der Waals surface area contributed by atoms with E-state index in [0.717, 1.165) is 51.9 Å². The van der Waals surface area contributed by atoms with Gasteiger partial charge in [0.05, 0.1) is 33.6 Å². The second-order valence-electron chi connectivity index (χ2n) is 10.7. The molecule has 3 aromatic carbocycles. The third-order valence-corrected chi connectivity index (χ3v) is 7.80. The molecule has 4 aromatic rings. The first-order chi connectivity index (χ1) is 19.9. The highest BCUT2D eigenvalue weighted by Gasteiger charge is 2.38. The van der Waals surface area contributed by atoms with E-state index in [9.17, 15) is 9.65 Å². The molecule has 1 aliphatic heterocycles. The van der Waals surface area contributed by atoms with E-state index in [1.165, 1.54) is 12.1 Å². The summed E-state index contributed by atoms with van der Waals surface area (Å²) in [6.45, 7) is 4.76. The summed E-state index contributed by atoms with van der Waals surface area (Å²) < 4.78 is 13.9. The molecule has 4 N–H and O–H groups in total. The lowest BCUT2D eigenvalue weighted by Crippen LogP contribution is -2.45. The van der Waals surface area contributed by atoms with E-state index in [-0.39, 0.29) is 5.82 Å². The van der Waals surface area contributed by atoms with E-state index in [1.807, 2.05) is 48.3 Å². The zero-order valence-electron chi connectivity index (χ0n) is 23.4. The van der Waals surface area contributed by atoms with Crippen LogP contribution >= 0.6 is 0 Å². The first-order valence-electron chi connectivity index (χ1n) is 13.9. The van der Waals surface area contributed by atoms with Crippen LogP contribution in [0, 0.1) is 24.1 Å². The van der Waals surface area contributed by atoms with E-state index < -0.39 is 5.44 Å². The molecular formula is C31H32BFN8. The van der Waals surface area contributed by atoms with Crippen molar-refractivity contribution < 1.29 is 4.39 Å². The number of aryl methyl sites for hydroxylation is 1. The number of rotatable bonds is 9. The van der Waals surface area contributed by atoms with Crippen LogP contribution in [0.5, 0.6) is 0 Å². The lowest BCUT2D eigenvalue weighted by Gasteiger charge is -2.34. The van der Waals surface area contributed by atoms with Gasteiger partial charge in [0.2, 0.25) is 0 Å². The summed E-state index contributed by atoms with van der Waals surface area (Å²) in [6, 6.07) is 23.5. The van der Waals surface area contributed by atoms with Crippen molar-refractivity contribution in [3.05, 3.63) is 107 Å². The van der Waals surface area contributed by atoms with Gasteiger partial charge in [0.25, 0.3) is 0 Å². The van der Waals surface area contributed by atoms with Gasteiger partial charge in [-0.15, -0.1) is 5.53 Å². The lowest BCUT2D eigenvalue weighted by atomic mass is 9.69. The molecule has 41 heavy (non-hydrogen) atoms. The molecule has 2 aliphatic rings. The van der Waals surface area contributed by atoms with Crippen LogP contribution in [0.25, 0.3) is 10.9 Å². The summed E-state index contributed by atoms with van der Waals surface area (Å²) in [6.07, 6.45) is 6.00. The van der Waals surface area contributed by atoms with Crippen LogP contribution < -0.4 is 26.7 Å². The zero-order valence-corrected chi connectivity index (χ0v) is 23.4. The number of nitrogens with zero attached hydrogens (tertiary/aromatic N) is 4. The van der Waals surface area contributed by atoms with Crippen molar-refractivity contribution in [2.75, 3.05) is 22.3 Å². The maximum Gasteiger partial charge on any atom is 0.148 e. The minimum absolute atomic E-state index is 0.284. The standard InChI is InChI=1S/C31H32BFN8/c1-3-40(25-7-5-4-6-8-25)38-30-21(17-34)18-35-29-20(2)15-24(16-27(29)30)36-31(32,22-9-11-23(33)12-10-22)28-19-41(39-37-28)26-13-14-26/h4-12,15-16,18-19,26,36-37,39H,3,13-14,32H2,1-2H3,(H,35,38). The number of para-hydroxylation sites is 1. The molecule has 10 heteroatoms. The number of fused-ring (bicyclic) bond motifs is 1. The molecule has 6 rings (SSSR count). The lowest BCUT2D eigenvalue weighted by molar-refractivity contribution is 0.260. The van der Waals surface area contributed by atoms with E-state index in [2.05, 4.69) is 64.8 Å². The maximum atomic E-state index is 13.9. The number of pyridine rings is 1. The molecular weight excluding hydrogens is 514 g/mol. The first-order valence-corrected chi connectivity index (χ1v) is 13.9. The summed E-state index contributed by atoms with van der Waals surface area (Å²) in [5.74, 6) is -0.284. The van der Waals surface area contributed by atoms with Crippen molar-refractivity contribution >= 4 is 35.8 Å². The Kier molecular flexibility index (Phi) is 6.89. The SMILES string of the molecule is BC(Nc1cc(C)c2ncc(C#N)c(NN(CC)c3ccccc3)c2c1)(C1=CN(C2CC2)NN1)c1ccc(F)cc1. The highest BCUT2D eigenvalue weighted by atomic mass is 19.1. The van der Waals surface area contributed by atoms with E-state index in [4.69, 9.17) is 0 Å². The number of anilines is 3. The second kappa shape index (κ2) is 10.7. The number of nitrogens with one attached hydrogen (secondary N) is 4. The van der Waals surface area contributed by atoms with Gasteiger partial charge in [0.1, 0.15) is 19.7 Å². The van der Waals surface area contributed by atoms with Gasteiger partial charge in [-0.25, -0.2) is 4.39 Å². The van der Waals surface area contributed by atoms with Crippen molar-refractivity contribution in [2.24, 2.45) is 0 Å². The number of nitriles is 1.